The van der Waals surface area contributed by atoms with Crippen molar-refractivity contribution < 1.29 is 28.3 Å². The number of hydrogen-bond donors (Lipinski definition) is 2. The number of hydrazine groups is 1. The highest BCUT2D eigenvalue weighted by Crippen LogP contribution is 2.24. The van der Waals surface area contributed by atoms with Gasteiger partial charge in [0.15, 0.2) is 6.61 Å². The molecular weight excluding hydrogens is 462 g/mol. The van der Waals surface area contributed by atoms with Gasteiger partial charge in [-0.25, -0.2) is 9.80 Å². The molecule has 3 aromatic rings. The second-order valence-corrected chi connectivity index (χ2v) is 7.87. The van der Waals surface area contributed by atoms with E-state index in [-0.39, 0.29) is 36.8 Å². The number of amides is 3. The van der Waals surface area contributed by atoms with Crippen molar-refractivity contribution in [1.29, 1.82) is 0 Å². The summed E-state index contributed by atoms with van der Waals surface area (Å²) in [5.41, 5.74) is 3.95. The van der Waals surface area contributed by atoms with Crippen LogP contribution in [0.25, 0.3) is 11.3 Å². The Morgan fingerprint density at radius 1 is 1.00 bits per heavy atom. The number of ether oxygens (including phenoxy) is 1. The van der Waals surface area contributed by atoms with E-state index in [1.54, 1.807) is 24.3 Å². The van der Waals surface area contributed by atoms with E-state index in [4.69, 9.17) is 20.8 Å². The summed E-state index contributed by atoms with van der Waals surface area (Å²) in [6, 6.07) is 16.6. The fourth-order valence-electron chi connectivity index (χ4n) is 3.22. The summed E-state index contributed by atoms with van der Waals surface area (Å²) in [4.78, 5) is 47.8. The summed E-state index contributed by atoms with van der Waals surface area (Å²) < 4.78 is 10.8. The molecule has 2 heterocycles. The van der Waals surface area contributed by atoms with Crippen LogP contribution < -0.4 is 15.8 Å². The number of esters is 1. The van der Waals surface area contributed by atoms with Crippen molar-refractivity contribution in [3.05, 3.63) is 77.0 Å². The van der Waals surface area contributed by atoms with Crippen molar-refractivity contribution in [2.24, 2.45) is 0 Å². The SMILES string of the molecule is O=C(COC(=O)c1ccc(N2NC(=O)CCC2=O)cc1)NCc1ccc(-c2ccc(Cl)cc2)o1. The van der Waals surface area contributed by atoms with Gasteiger partial charge in [0.2, 0.25) is 11.8 Å². The molecule has 10 heteroatoms. The van der Waals surface area contributed by atoms with Gasteiger partial charge in [-0.1, -0.05) is 11.6 Å². The van der Waals surface area contributed by atoms with Gasteiger partial charge in [-0.3, -0.25) is 19.8 Å². The minimum Gasteiger partial charge on any atom is -0.459 e. The molecule has 34 heavy (non-hydrogen) atoms. The molecule has 9 nitrogen and oxygen atoms in total. The Kier molecular flexibility index (Phi) is 6.93. The van der Waals surface area contributed by atoms with Crippen LogP contribution in [0.15, 0.2) is 65.1 Å². The lowest BCUT2D eigenvalue weighted by Crippen LogP contribution is -2.50. The van der Waals surface area contributed by atoms with Crippen molar-refractivity contribution in [1.82, 2.24) is 10.7 Å². The Bertz CT molecular complexity index is 1220. The van der Waals surface area contributed by atoms with Crippen molar-refractivity contribution in [2.75, 3.05) is 11.6 Å². The van der Waals surface area contributed by atoms with Crippen LogP contribution in [-0.4, -0.2) is 30.3 Å². The third-order valence-corrected chi connectivity index (χ3v) is 5.25. The van der Waals surface area contributed by atoms with Crippen LogP contribution in [0.2, 0.25) is 5.02 Å². The van der Waals surface area contributed by atoms with E-state index in [9.17, 15) is 19.2 Å². The molecule has 4 rings (SSSR count). The zero-order valence-corrected chi connectivity index (χ0v) is 18.6. The predicted molar refractivity (Wildman–Crippen MR) is 123 cm³/mol. The lowest BCUT2D eigenvalue weighted by Gasteiger charge is -2.27. The van der Waals surface area contributed by atoms with E-state index >= 15 is 0 Å². The molecule has 0 bridgehead atoms. The van der Waals surface area contributed by atoms with E-state index in [2.05, 4.69) is 10.7 Å². The first-order valence-electron chi connectivity index (χ1n) is 10.4. The van der Waals surface area contributed by atoms with Crippen molar-refractivity contribution in [2.45, 2.75) is 19.4 Å². The number of nitrogens with one attached hydrogen (secondary N) is 2. The highest BCUT2D eigenvalue weighted by atomic mass is 35.5. The highest BCUT2D eigenvalue weighted by Gasteiger charge is 2.24. The number of halogens is 1. The standard InChI is InChI=1S/C24H20ClN3O6/c25-17-5-1-15(2-6-17)20-10-9-19(34-20)13-26-22(30)14-33-24(32)16-3-7-18(8-4-16)28-23(31)12-11-21(29)27-28/h1-10H,11-14H2,(H,26,30)(H,27,29). The number of rotatable bonds is 7. The molecular formula is C24H20ClN3O6. The van der Waals surface area contributed by atoms with Crippen molar-refractivity contribution in [3.8, 4) is 11.3 Å². The van der Waals surface area contributed by atoms with Gasteiger partial charge >= 0.3 is 5.97 Å². The smallest absolute Gasteiger partial charge is 0.338 e. The average molecular weight is 482 g/mol. The van der Waals surface area contributed by atoms with E-state index in [1.807, 2.05) is 12.1 Å². The lowest BCUT2D eigenvalue weighted by molar-refractivity contribution is -0.130. The molecule has 0 spiro atoms. The molecule has 0 saturated carbocycles. The highest BCUT2D eigenvalue weighted by molar-refractivity contribution is 6.30. The predicted octanol–water partition coefficient (Wildman–Crippen LogP) is 3.23. The van der Waals surface area contributed by atoms with Crippen molar-refractivity contribution >= 4 is 41.0 Å². The topological polar surface area (TPSA) is 118 Å². The number of benzene rings is 2. The molecule has 1 aromatic heterocycles. The van der Waals surface area contributed by atoms with Gasteiger partial charge in [0.25, 0.3) is 5.91 Å². The van der Waals surface area contributed by atoms with Crippen molar-refractivity contribution in [3.63, 3.8) is 0 Å². The Morgan fingerprint density at radius 3 is 2.47 bits per heavy atom. The number of furan rings is 1. The molecule has 1 fully saturated rings. The van der Waals surface area contributed by atoms with Gasteiger partial charge in [-0.2, -0.15) is 0 Å². The van der Waals surface area contributed by atoms with E-state index < -0.39 is 18.5 Å². The Labute approximate surface area is 199 Å². The molecule has 0 radical (unpaired) electrons. The molecule has 174 valence electrons. The molecule has 3 amide bonds. The first kappa shape index (κ1) is 23.1. The summed E-state index contributed by atoms with van der Waals surface area (Å²) in [7, 11) is 0. The van der Waals surface area contributed by atoms with Gasteiger partial charge in [-0.05, 0) is 60.7 Å². The van der Waals surface area contributed by atoms with Gasteiger partial charge in [0, 0.05) is 23.4 Å². The minimum atomic E-state index is -0.696. The molecule has 0 atom stereocenters. The van der Waals surface area contributed by atoms with Crippen LogP contribution >= 0.6 is 11.6 Å². The van der Waals surface area contributed by atoms with E-state index in [0.717, 1.165) is 10.6 Å². The maximum absolute atomic E-state index is 12.2. The van der Waals surface area contributed by atoms with Crippen LogP contribution in [0.1, 0.15) is 29.0 Å². The van der Waals surface area contributed by atoms with Crippen LogP contribution in [0.3, 0.4) is 0 Å². The van der Waals surface area contributed by atoms with Gasteiger partial charge < -0.3 is 14.5 Å². The number of anilines is 1. The fraction of sp³-hybridized carbons (Fsp3) is 0.167. The average Bonchev–Trinajstić information content (AvgIpc) is 3.32. The second kappa shape index (κ2) is 10.2. The van der Waals surface area contributed by atoms with Crippen LogP contribution in [0, 0.1) is 0 Å². The summed E-state index contributed by atoms with van der Waals surface area (Å²) >= 11 is 5.89. The summed E-state index contributed by atoms with van der Waals surface area (Å²) in [6.45, 7) is -0.333. The minimum absolute atomic E-state index is 0.116. The monoisotopic (exact) mass is 481 g/mol. The molecule has 0 unspecified atom stereocenters. The van der Waals surface area contributed by atoms with Gasteiger partial charge in [0.1, 0.15) is 11.5 Å². The first-order chi connectivity index (χ1) is 16.4. The third-order valence-electron chi connectivity index (χ3n) is 5.00. The van der Waals surface area contributed by atoms with Gasteiger partial charge in [0.05, 0.1) is 17.8 Å². The third kappa shape index (κ3) is 5.62. The Morgan fingerprint density at radius 2 is 1.74 bits per heavy atom. The zero-order valence-electron chi connectivity index (χ0n) is 17.9. The first-order valence-corrected chi connectivity index (χ1v) is 10.8. The fourth-order valence-corrected chi connectivity index (χ4v) is 3.35. The lowest BCUT2D eigenvalue weighted by atomic mass is 10.2. The summed E-state index contributed by atoms with van der Waals surface area (Å²) in [5, 5.41) is 4.39. The molecule has 2 N–H and O–H groups in total. The maximum Gasteiger partial charge on any atom is 0.338 e. The Balaban J connectivity index is 1.25. The normalized spacial score (nSPS) is 13.4. The quantitative estimate of drug-likeness (QED) is 0.500. The molecule has 1 aliphatic heterocycles. The van der Waals surface area contributed by atoms with Crippen LogP contribution in [0.5, 0.6) is 0 Å². The second-order valence-electron chi connectivity index (χ2n) is 7.44. The molecule has 1 saturated heterocycles. The van der Waals surface area contributed by atoms with Gasteiger partial charge in [-0.15, -0.1) is 0 Å². The molecule has 0 aliphatic carbocycles. The Hall–Kier alpha value is -4.11. The molecule has 2 aromatic carbocycles. The maximum atomic E-state index is 12.2. The van der Waals surface area contributed by atoms with Crippen LogP contribution in [0.4, 0.5) is 5.69 Å². The number of carbonyl (C=O) groups excluding carboxylic acids is 4. The largest absolute Gasteiger partial charge is 0.459 e. The number of hydrogen-bond acceptors (Lipinski definition) is 6. The van der Waals surface area contributed by atoms with E-state index in [0.29, 0.717) is 22.2 Å². The summed E-state index contributed by atoms with van der Waals surface area (Å²) in [5.74, 6) is -0.510. The number of nitrogens with zero attached hydrogens (tertiary/aromatic N) is 1. The van der Waals surface area contributed by atoms with E-state index in [1.165, 1.54) is 24.3 Å². The number of carbonyl (C=O) groups is 4. The summed E-state index contributed by atoms with van der Waals surface area (Å²) in [6.07, 6.45) is 0.260. The zero-order chi connectivity index (χ0) is 24.1. The van der Waals surface area contributed by atoms with Crippen LogP contribution in [-0.2, 0) is 25.7 Å². The molecule has 1 aliphatic rings.